The summed E-state index contributed by atoms with van der Waals surface area (Å²) in [7, 11) is 0. The van der Waals surface area contributed by atoms with Crippen molar-refractivity contribution >= 4 is 5.57 Å². The summed E-state index contributed by atoms with van der Waals surface area (Å²) >= 11 is 0. The number of hydrogen-bond donors (Lipinski definition) is 0. The van der Waals surface area contributed by atoms with E-state index in [2.05, 4.69) is 6.58 Å². The summed E-state index contributed by atoms with van der Waals surface area (Å²) in [6.45, 7) is 5.09. The minimum atomic E-state index is -4.97. The van der Waals surface area contributed by atoms with Gasteiger partial charge in [-0.2, -0.15) is 17.6 Å². The maximum atomic E-state index is 15.4. The Morgan fingerprint density at radius 3 is 2.33 bits per heavy atom. The van der Waals surface area contributed by atoms with E-state index >= 15 is 22.0 Å². The lowest BCUT2D eigenvalue weighted by molar-refractivity contribution is -0.246. The molecule has 2 aromatic carbocycles. The first-order chi connectivity index (χ1) is 17.0. The SMILES string of the molecule is C=CCCc1ccc(CCc2ccc3c(c2F)C(F)(F)C(F)(F)C2C3=CC=C(OCC)C2F)c(F)c1. The number of fused-ring (bicyclic) bond motifs is 3. The van der Waals surface area contributed by atoms with E-state index in [0.29, 0.717) is 12.8 Å². The van der Waals surface area contributed by atoms with E-state index in [4.69, 9.17) is 4.74 Å². The number of aryl methyl sites for hydroxylation is 3. The van der Waals surface area contributed by atoms with Crippen molar-refractivity contribution in [3.63, 3.8) is 0 Å². The second-order valence-electron chi connectivity index (χ2n) is 8.92. The van der Waals surface area contributed by atoms with Gasteiger partial charge in [-0.15, -0.1) is 6.58 Å². The molecule has 0 aromatic heterocycles. The Morgan fingerprint density at radius 1 is 0.972 bits per heavy atom. The lowest BCUT2D eigenvalue weighted by atomic mass is 9.70. The lowest BCUT2D eigenvalue weighted by Crippen LogP contribution is -2.53. The number of ether oxygens (including phenoxy) is 1. The fourth-order valence-corrected chi connectivity index (χ4v) is 4.83. The Bertz CT molecular complexity index is 1230. The van der Waals surface area contributed by atoms with Crippen LogP contribution in [0.3, 0.4) is 0 Å². The molecule has 192 valence electrons. The molecule has 4 rings (SSSR count). The molecule has 2 aliphatic rings. The summed E-state index contributed by atoms with van der Waals surface area (Å²) in [6, 6.07) is 6.92. The Hall–Kier alpha value is -3.03. The van der Waals surface area contributed by atoms with Crippen LogP contribution in [0.2, 0.25) is 0 Å². The zero-order valence-corrected chi connectivity index (χ0v) is 19.6. The van der Waals surface area contributed by atoms with E-state index in [0.717, 1.165) is 23.8 Å². The summed E-state index contributed by atoms with van der Waals surface area (Å²) in [5.41, 5.74) is -1.60. The van der Waals surface area contributed by atoms with Gasteiger partial charge < -0.3 is 4.74 Å². The fraction of sp³-hybridized carbons (Fsp3) is 0.357. The number of benzene rings is 2. The molecular formula is C28H25F7O. The summed E-state index contributed by atoms with van der Waals surface area (Å²) in [4.78, 5) is 0. The van der Waals surface area contributed by atoms with Gasteiger partial charge in [-0.1, -0.05) is 36.4 Å². The van der Waals surface area contributed by atoms with Crippen molar-refractivity contribution in [2.24, 2.45) is 5.92 Å². The Balaban J connectivity index is 1.69. The smallest absolute Gasteiger partial charge is 0.339 e. The molecule has 0 amide bonds. The number of hydrogen-bond acceptors (Lipinski definition) is 1. The topological polar surface area (TPSA) is 9.23 Å². The molecule has 0 saturated heterocycles. The van der Waals surface area contributed by atoms with E-state index in [1.54, 1.807) is 12.1 Å². The second-order valence-corrected chi connectivity index (χ2v) is 8.92. The summed E-state index contributed by atoms with van der Waals surface area (Å²) < 4.78 is 110. The highest BCUT2D eigenvalue weighted by Gasteiger charge is 2.70. The van der Waals surface area contributed by atoms with Crippen LogP contribution >= 0.6 is 0 Å². The van der Waals surface area contributed by atoms with Crippen LogP contribution in [0.4, 0.5) is 30.7 Å². The average molecular weight is 510 g/mol. The molecule has 0 bridgehead atoms. The first-order valence-electron chi connectivity index (χ1n) is 11.7. The minimum Gasteiger partial charge on any atom is -0.495 e. The van der Waals surface area contributed by atoms with Crippen molar-refractivity contribution in [3.8, 4) is 0 Å². The third-order valence-corrected chi connectivity index (χ3v) is 6.71. The zero-order chi connectivity index (χ0) is 26.3. The molecule has 0 heterocycles. The van der Waals surface area contributed by atoms with Crippen LogP contribution in [-0.2, 0) is 29.9 Å². The number of allylic oxidation sites excluding steroid dienone is 5. The minimum absolute atomic E-state index is 0.0242. The van der Waals surface area contributed by atoms with E-state index in [1.807, 2.05) is 0 Å². The first-order valence-corrected chi connectivity index (χ1v) is 11.7. The summed E-state index contributed by atoms with van der Waals surface area (Å²) in [6.07, 6.45) is 2.43. The molecule has 36 heavy (non-hydrogen) atoms. The highest BCUT2D eigenvalue weighted by molar-refractivity contribution is 5.78. The van der Waals surface area contributed by atoms with Gasteiger partial charge in [0.15, 0.2) is 6.17 Å². The Morgan fingerprint density at radius 2 is 1.67 bits per heavy atom. The molecule has 8 heteroatoms. The quantitative estimate of drug-likeness (QED) is 0.259. The van der Waals surface area contributed by atoms with Crippen molar-refractivity contribution in [2.75, 3.05) is 6.61 Å². The molecule has 2 aromatic rings. The van der Waals surface area contributed by atoms with Gasteiger partial charge in [0, 0.05) is 0 Å². The number of rotatable bonds is 8. The predicted molar refractivity (Wildman–Crippen MR) is 124 cm³/mol. The van der Waals surface area contributed by atoms with Crippen molar-refractivity contribution in [3.05, 3.63) is 100 Å². The third-order valence-electron chi connectivity index (χ3n) is 6.71. The first kappa shape index (κ1) is 26.0. The normalized spacial score (nSPS) is 21.7. The predicted octanol–water partition coefficient (Wildman–Crippen LogP) is 7.88. The maximum Gasteiger partial charge on any atom is 0.339 e. The molecule has 0 fully saturated rings. The standard InChI is InChI=1S/C28H25F7O/c1-3-5-6-16-7-8-17(21(29)15-16)9-10-18-11-12-19-20-13-14-22(36-4-2)26(31)24(20)28(34,35)27(32,33)23(19)25(18)30/h3,7-8,11-15,24,26H,1,4-6,9-10H2,2H3. The number of alkyl halides is 5. The fourth-order valence-electron chi connectivity index (χ4n) is 4.83. The van der Waals surface area contributed by atoms with Gasteiger partial charge in [-0.25, -0.2) is 13.2 Å². The molecule has 2 atom stereocenters. The van der Waals surface area contributed by atoms with Gasteiger partial charge in [-0.05, 0) is 72.6 Å². The molecular weight excluding hydrogens is 485 g/mol. The Kier molecular flexibility index (Phi) is 7.08. The van der Waals surface area contributed by atoms with Crippen LogP contribution in [0.1, 0.15) is 41.2 Å². The highest BCUT2D eigenvalue weighted by atomic mass is 19.3. The van der Waals surface area contributed by atoms with E-state index < -0.39 is 58.0 Å². The van der Waals surface area contributed by atoms with Crippen LogP contribution in [0, 0.1) is 17.6 Å². The molecule has 0 saturated carbocycles. The largest absolute Gasteiger partial charge is 0.495 e. The Labute approximate surface area is 205 Å². The lowest BCUT2D eigenvalue weighted by Gasteiger charge is -2.43. The van der Waals surface area contributed by atoms with Gasteiger partial charge in [0.2, 0.25) is 0 Å². The molecule has 0 aliphatic heterocycles. The van der Waals surface area contributed by atoms with Crippen LogP contribution < -0.4 is 0 Å². The van der Waals surface area contributed by atoms with Gasteiger partial charge in [0.05, 0.1) is 18.1 Å². The molecule has 2 aliphatic carbocycles. The van der Waals surface area contributed by atoms with Crippen molar-refractivity contribution in [1.29, 1.82) is 0 Å². The van der Waals surface area contributed by atoms with Crippen LogP contribution in [0.15, 0.2) is 60.9 Å². The summed E-state index contributed by atoms with van der Waals surface area (Å²) in [5.74, 6) is -14.9. The zero-order valence-electron chi connectivity index (χ0n) is 19.6. The summed E-state index contributed by atoms with van der Waals surface area (Å²) in [5, 5.41) is 0. The van der Waals surface area contributed by atoms with Crippen molar-refractivity contribution in [1.82, 2.24) is 0 Å². The second kappa shape index (κ2) is 9.79. The number of halogens is 7. The van der Waals surface area contributed by atoms with E-state index in [9.17, 15) is 8.78 Å². The maximum absolute atomic E-state index is 15.4. The van der Waals surface area contributed by atoms with Gasteiger partial charge in [0.1, 0.15) is 17.4 Å². The monoisotopic (exact) mass is 510 g/mol. The van der Waals surface area contributed by atoms with Gasteiger partial charge in [-0.3, -0.25) is 0 Å². The van der Waals surface area contributed by atoms with E-state index in [-0.39, 0.29) is 30.6 Å². The van der Waals surface area contributed by atoms with Crippen LogP contribution in [-0.4, -0.2) is 18.7 Å². The van der Waals surface area contributed by atoms with Gasteiger partial charge in [0.25, 0.3) is 0 Å². The highest BCUT2D eigenvalue weighted by Crippen LogP contribution is 2.60. The molecule has 0 radical (unpaired) electrons. The molecule has 0 N–H and O–H groups in total. The van der Waals surface area contributed by atoms with Gasteiger partial charge >= 0.3 is 11.8 Å². The van der Waals surface area contributed by atoms with Crippen LogP contribution in [0.25, 0.3) is 5.57 Å². The average Bonchev–Trinajstić information content (AvgIpc) is 2.82. The molecule has 2 unspecified atom stereocenters. The van der Waals surface area contributed by atoms with Crippen molar-refractivity contribution in [2.45, 2.75) is 50.6 Å². The molecule has 0 spiro atoms. The molecule has 1 nitrogen and oxygen atoms in total. The van der Waals surface area contributed by atoms with E-state index in [1.165, 1.54) is 25.1 Å². The van der Waals surface area contributed by atoms with Crippen molar-refractivity contribution < 1.29 is 35.5 Å². The third kappa shape index (κ3) is 4.24. The van der Waals surface area contributed by atoms with Crippen LogP contribution in [0.5, 0.6) is 0 Å².